The smallest absolute Gasteiger partial charge is 0.326 e. The number of H-pyrrole nitrogens is 1. The van der Waals surface area contributed by atoms with Crippen molar-refractivity contribution in [1.29, 1.82) is 0 Å². The number of aromatic nitrogens is 2. The van der Waals surface area contributed by atoms with Crippen molar-refractivity contribution in [1.82, 2.24) is 47.2 Å². The molecule has 0 aliphatic carbocycles. The van der Waals surface area contributed by atoms with Gasteiger partial charge in [-0.1, -0.05) is 13.8 Å². The fourth-order valence-corrected chi connectivity index (χ4v) is 6.16. The molecule has 0 saturated carbocycles. The van der Waals surface area contributed by atoms with Gasteiger partial charge in [-0.15, -0.1) is 0 Å². The number of hydrogen-bond donors (Lipinski definition) is 15. The largest absolute Gasteiger partial charge is 0.481 e. The van der Waals surface area contributed by atoms with Crippen LogP contribution in [0.2, 0.25) is 0 Å². The van der Waals surface area contributed by atoms with Crippen LogP contribution in [0.3, 0.4) is 0 Å². The number of aliphatic carboxylic acids is 5. The van der Waals surface area contributed by atoms with E-state index in [4.69, 9.17) is 15.6 Å². The zero-order chi connectivity index (χ0) is 53.1. The van der Waals surface area contributed by atoms with Crippen molar-refractivity contribution in [3.63, 3.8) is 0 Å². The summed E-state index contributed by atoms with van der Waals surface area (Å²) in [6, 6.07) is -12.3. The minimum Gasteiger partial charge on any atom is -0.481 e. The molecule has 16 N–H and O–H groups in total. The molecule has 0 bridgehead atoms. The number of aliphatic hydroxyl groups excluding tert-OH is 1. The Morgan fingerprint density at radius 2 is 1.00 bits per heavy atom. The van der Waals surface area contributed by atoms with E-state index in [1.807, 2.05) is 0 Å². The van der Waals surface area contributed by atoms with Gasteiger partial charge in [-0.3, -0.25) is 52.7 Å². The molecule has 0 unspecified atom stereocenters. The first-order valence-corrected chi connectivity index (χ1v) is 22.6. The molecule has 69 heavy (non-hydrogen) atoms. The minimum absolute atomic E-state index is 0.0623. The summed E-state index contributed by atoms with van der Waals surface area (Å²) in [5.74, 6) is -13.9. The van der Waals surface area contributed by atoms with Crippen molar-refractivity contribution in [3.8, 4) is 0 Å². The van der Waals surface area contributed by atoms with Crippen molar-refractivity contribution in [2.45, 2.75) is 140 Å². The Kier molecular flexibility index (Phi) is 28.8. The summed E-state index contributed by atoms with van der Waals surface area (Å²) in [6.07, 6.45) is -1.17. The first-order chi connectivity index (χ1) is 32.1. The lowest BCUT2D eigenvalue weighted by Crippen LogP contribution is -2.61. The van der Waals surface area contributed by atoms with E-state index < -0.39 is 170 Å². The molecule has 0 aliphatic heterocycles. The van der Waals surface area contributed by atoms with E-state index in [0.29, 0.717) is 5.75 Å². The van der Waals surface area contributed by atoms with Crippen molar-refractivity contribution in [2.24, 2.45) is 11.7 Å². The van der Waals surface area contributed by atoms with Crippen LogP contribution in [0.5, 0.6) is 0 Å². The highest BCUT2D eigenvalue weighted by Gasteiger charge is 2.35. The van der Waals surface area contributed by atoms with E-state index in [-0.39, 0.29) is 18.5 Å². The van der Waals surface area contributed by atoms with Crippen LogP contribution < -0.4 is 43.0 Å². The monoisotopic (exact) mass is 1000 g/mol. The molecule has 9 atom stereocenters. The summed E-state index contributed by atoms with van der Waals surface area (Å²) < 4.78 is 0. The van der Waals surface area contributed by atoms with Gasteiger partial charge in [0.1, 0.15) is 48.3 Å². The molecule has 28 nitrogen and oxygen atoms in total. The Labute approximate surface area is 399 Å². The number of carbonyl (C=O) groups is 12. The number of imidazole rings is 1. The SMILES string of the molecule is CC(=O)O.CSCC[C@H](NC(=O)[C@@H](NC(=O)[C@H](CCC(=O)O)NC(=O)[C@H](Cc1cnc[nH]1)NC(=O)[C@H](CCC(=O)O)NC(=O)[C@H](CCC(=O)O)NC(=O)[C@H](C)NC(=O)[C@@H](N)[C@@H](C)O)C(C)C)C(=O)O. The fourth-order valence-electron chi connectivity index (χ4n) is 5.69. The van der Waals surface area contributed by atoms with Gasteiger partial charge in [-0.2, -0.15) is 11.8 Å². The van der Waals surface area contributed by atoms with Crippen LogP contribution in [0, 0.1) is 5.92 Å². The number of nitrogens with two attached hydrogens (primary N) is 1. The Morgan fingerprint density at radius 1 is 0.594 bits per heavy atom. The Morgan fingerprint density at radius 3 is 1.38 bits per heavy atom. The Bertz CT molecular complexity index is 1930. The molecule has 0 fully saturated rings. The van der Waals surface area contributed by atoms with Gasteiger partial charge in [0.2, 0.25) is 41.4 Å². The lowest BCUT2D eigenvalue weighted by atomic mass is 10.0. The summed E-state index contributed by atoms with van der Waals surface area (Å²) in [5.41, 5.74) is 5.83. The molecule has 1 rings (SSSR count). The second-order valence-electron chi connectivity index (χ2n) is 15.7. The van der Waals surface area contributed by atoms with Crippen LogP contribution in [0.1, 0.15) is 85.3 Å². The van der Waals surface area contributed by atoms with Crippen LogP contribution in [0.15, 0.2) is 12.5 Å². The number of amides is 7. The molecule has 0 radical (unpaired) electrons. The maximum absolute atomic E-state index is 14.0. The van der Waals surface area contributed by atoms with E-state index >= 15 is 0 Å². The minimum atomic E-state index is -1.77. The number of carboxylic acids is 5. The van der Waals surface area contributed by atoms with Gasteiger partial charge in [0.25, 0.3) is 5.97 Å². The lowest BCUT2D eigenvalue weighted by molar-refractivity contribution is -0.142. The second kappa shape index (κ2) is 32.0. The van der Waals surface area contributed by atoms with Crippen LogP contribution in [-0.2, 0) is 64.0 Å². The number of aliphatic hydroxyl groups is 1. The summed E-state index contributed by atoms with van der Waals surface area (Å²) in [4.78, 5) is 156. The molecule has 388 valence electrons. The highest BCUT2D eigenvalue weighted by molar-refractivity contribution is 7.98. The molecule has 0 aliphatic rings. The average molecular weight is 1010 g/mol. The van der Waals surface area contributed by atoms with Crippen LogP contribution in [0.25, 0.3) is 0 Å². The maximum atomic E-state index is 14.0. The topological polar surface area (TPSA) is 465 Å². The maximum Gasteiger partial charge on any atom is 0.326 e. The van der Waals surface area contributed by atoms with E-state index in [1.165, 1.54) is 38.1 Å². The van der Waals surface area contributed by atoms with Crippen molar-refractivity contribution < 1.29 is 88.2 Å². The number of carbonyl (C=O) groups excluding carboxylic acids is 7. The standard InChI is InChI=1S/C38H60N10O16S.C2H4O2/c1-17(2)30(37(62)46-24(38(63)64)12-13-65-5)48-34(59)23(8-11-28(54)55)45-35(60)25(14-20-15-40-16-41-20)47-33(58)22(7-10-27(52)53)44-32(57)21(6-9-26(50)51)43-31(56)18(3)42-36(61)29(39)19(4)49;1-2(3)4/h15-19,21-25,29-30,49H,6-14,39H2,1-5H3,(H,40,41)(H,42,61)(H,43,56)(H,44,57)(H,45,60)(H,46,62)(H,47,58)(H,48,59)(H,50,51)(H,52,53)(H,54,55)(H,63,64);1H3,(H,3,4)/t18-,19+,21-,22-,23-,24-,25-,29-,30-;/m0./s1. The number of aromatic amines is 1. The molecule has 1 aromatic rings. The third kappa shape index (κ3) is 25.7. The van der Waals surface area contributed by atoms with E-state index in [0.717, 1.165) is 6.92 Å². The summed E-state index contributed by atoms with van der Waals surface area (Å²) >= 11 is 1.34. The van der Waals surface area contributed by atoms with Gasteiger partial charge in [0, 0.05) is 44.5 Å². The second-order valence-corrected chi connectivity index (χ2v) is 16.7. The Hall–Kier alpha value is -6.88. The number of carboxylic acid groups (broad SMARTS) is 5. The first kappa shape index (κ1) is 62.1. The summed E-state index contributed by atoms with van der Waals surface area (Å²) in [7, 11) is 0. The molecule has 1 aromatic heterocycles. The third-order valence-corrected chi connectivity index (χ3v) is 10.1. The zero-order valence-corrected chi connectivity index (χ0v) is 39.6. The van der Waals surface area contributed by atoms with Gasteiger partial charge < -0.3 is 78.6 Å². The van der Waals surface area contributed by atoms with Crippen LogP contribution >= 0.6 is 11.8 Å². The quantitative estimate of drug-likeness (QED) is 0.0340. The van der Waals surface area contributed by atoms with E-state index in [9.17, 15) is 78.3 Å². The van der Waals surface area contributed by atoms with Gasteiger partial charge >= 0.3 is 23.9 Å². The number of thioether (sulfide) groups is 1. The summed E-state index contributed by atoms with van der Waals surface area (Å²) in [6.45, 7) is 6.60. The average Bonchev–Trinajstić information content (AvgIpc) is 3.77. The molecule has 0 aromatic carbocycles. The van der Waals surface area contributed by atoms with E-state index in [1.54, 1.807) is 20.1 Å². The van der Waals surface area contributed by atoms with E-state index in [2.05, 4.69) is 47.2 Å². The van der Waals surface area contributed by atoms with Crippen LogP contribution in [-0.4, -0.2) is 178 Å². The molecule has 0 spiro atoms. The van der Waals surface area contributed by atoms with Crippen LogP contribution in [0.4, 0.5) is 0 Å². The van der Waals surface area contributed by atoms with Gasteiger partial charge in [-0.25, -0.2) is 9.78 Å². The predicted octanol–water partition coefficient (Wildman–Crippen LogP) is -3.75. The molecular weight excluding hydrogens is 941 g/mol. The van der Waals surface area contributed by atoms with Gasteiger partial charge in [0.15, 0.2) is 0 Å². The highest BCUT2D eigenvalue weighted by atomic mass is 32.2. The first-order valence-electron chi connectivity index (χ1n) is 21.2. The van der Waals surface area contributed by atoms with Gasteiger partial charge in [0.05, 0.1) is 12.4 Å². The lowest BCUT2D eigenvalue weighted by Gasteiger charge is -2.28. The van der Waals surface area contributed by atoms with Crippen molar-refractivity contribution in [2.75, 3.05) is 12.0 Å². The summed E-state index contributed by atoms with van der Waals surface area (Å²) in [5, 5.41) is 71.1. The van der Waals surface area contributed by atoms with Gasteiger partial charge in [-0.05, 0) is 57.5 Å². The molecule has 7 amide bonds. The highest BCUT2D eigenvalue weighted by Crippen LogP contribution is 2.10. The third-order valence-electron chi connectivity index (χ3n) is 9.50. The molecule has 1 heterocycles. The Balaban J connectivity index is 0.0000111. The number of nitrogens with one attached hydrogen (secondary N) is 8. The fraction of sp³-hybridized carbons (Fsp3) is 0.625. The molecular formula is C40H64N10O18S. The number of rotatable bonds is 31. The molecule has 29 heteroatoms. The number of nitrogens with zero attached hydrogens (tertiary/aromatic N) is 1. The normalized spacial score (nSPS) is 14.7. The zero-order valence-electron chi connectivity index (χ0n) is 38.8. The van der Waals surface area contributed by atoms with Crippen molar-refractivity contribution >= 4 is 83.0 Å². The van der Waals surface area contributed by atoms with Crippen molar-refractivity contribution in [3.05, 3.63) is 18.2 Å². The predicted molar refractivity (Wildman–Crippen MR) is 241 cm³/mol. The number of hydrogen-bond acceptors (Lipinski definition) is 16. The molecule has 0 saturated heterocycles.